The Balaban J connectivity index is 2.11. The van der Waals surface area contributed by atoms with Crippen LogP contribution in [0.4, 0.5) is 0 Å². The lowest BCUT2D eigenvalue weighted by molar-refractivity contribution is -0.0139. The quantitative estimate of drug-likeness (QED) is 0.729. The third-order valence-electron chi connectivity index (χ3n) is 2.89. The molecule has 0 N–H and O–H groups in total. The summed E-state index contributed by atoms with van der Waals surface area (Å²) in [5.74, 6) is 0. The van der Waals surface area contributed by atoms with Gasteiger partial charge in [-0.05, 0) is 19.8 Å². The predicted octanol–water partition coefficient (Wildman–Crippen LogP) is 0.963. The van der Waals surface area contributed by atoms with Gasteiger partial charge in [-0.25, -0.2) is 8.42 Å². The molecular formula is C9H16BrNO3S. The number of alkyl halides is 1. The van der Waals surface area contributed by atoms with Crippen molar-refractivity contribution in [3.63, 3.8) is 0 Å². The van der Waals surface area contributed by atoms with Crippen molar-refractivity contribution in [3.8, 4) is 0 Å². The minimum Gasteiger partial charge on any atom is -0.374 e. The van der Waals surface area contributed by atoms with E-state index in [4.69, 9.17) is 4.74 Å². The zero-order valence-corrected chi connectivity index (χ0v) is 11.1. The molecule has 2 aliphatic rings. The van der Waals surface area contributed by atoms with E-state index in [1.165, 1.54) is 0 Å². The Labute approximate surface area is 99.1 Å². The lowest BCUT2D eigenvalue weighted by Crippen LogP contribution is -2.52. The first kappa shape index (κ1) is 11.8. The van der Waals surface area contributed by atoms with E-state index in [1.807, 2.05) is 6.92 Å². The van der Waals surface area contributed by atoms with Crippen molar-refractivity contribution in [2.45, 2.75) is 37.2 Å². The number of hydrogen-bond donors (Lipinski definition) is 0. The highest BCUT2D eigenvalue weighted by Crippen LogP contribution is 2.33. The molecule has 2 rings (SSSR count). The zero-order chi connectivity index (χ0) is 11.1. The molecule has 1 aliphatic heterocycles. The first-order valence-electron chi connectivity index (χ1n) is 5.24. The summed E-state index contributed by atoms with van der Waals surface area (Å²) in [5, 5.41) is 0.574. The second-order valence-corrected chi connectivity index (χ2v) is 7.09. The first-order chi connectivity index (χ1) is 7.05. The van der Waals surface area contributed by atoms with E-state index in [9.17, 15) is 8.42 Å². The average molecular weight is 298 g/mol. The maximum atomic E-state index is 12.1. The number of ether oxygens (including phenoxy) is 1. The van der Waals surface area contributed by atoms with Gasteiger partial charge >= 0.3 is 0 Å². The van der Waals surface area contributed by atoms with E-state index in [2.05, 4.69) is 15.9 Å². The van der Waals surface area contributed by atoms with Crippen molar-refractivity contribution in [1.82, 2.24) is 4.31 Å². The van der Waals surface area contributed by atoms with Gasteiger partial charge in [0.15, 0.2) is 0 Å². The highest BCUT2D eigenvalue weighted by Gasteiger charge is 2.44. The molecule has 1 saturated carbocycles. The molecule has 1 aliphatic carbocycles. The summed E-state index contributed by atoms with van der Waals surface area (Å²) in [6.07, 6.45) is 1.64. The third kappa shape index (κ3) is 2.38. The van der Waals surface area contributed by atoms with Crippen LogP contribution in [0.1, 0.15) is 19.8 Å². The fraction of sp³-hybridized carbons (Fsp3) is 1.00. The zero-order valence-electron chi connectivity index (χ0n) is 8.73. The highest BCUT2D eigenvalue weighted by molar-refractivity contribution is 9.09. The van der Waals surface area contributed by atoms with Gasteiger partial charge < -0.3 is 4.74 Å². The van der Waals surface area contributed by atoms with Crippen molar-refractivity contribution in [2.75, 3.05) is 18.5 Å². The van der Waals surface area contributed by atoms with Crippen molar-refractivity contribution in [1.29, 1.82) is 0 Å². The predicted molar refractivity (Wildman–Crippen MR) is 61.6 cm³/mol. The Kier molecular flexibility index (Phi) is 3.40. The summed E-state index contributed by atoms with van der Waals surface area (Å²) in [6.45, 7) is 2.90. The van der Waals surface area contributed by atoms with E-state index >= 15 is 0 Å². The second-order valence-electron chi connectivity index (χ2n) is 4.27. The Morgan fingerprint density at radius 3 is 2.67 bits per heavy atom. The van der Waals surface area contributed by atoms with E-state index in [0.29, 0.717) is 18.5 Å². The van der Waals surface area contributed by atoms with E-state index < -0.39 is 10.0 Å². The van der Waals surface area contributed by atoms with Crippen LogP contribution in [0.2, 0.25) is 0 Å². The van der Waals surface area contributed by atoms with Crippen molar-refractivity contribution in [2.24, 2.45) is 0 Å². The number of hydrogen-bond acceptors (Lipinski definition) is 3. The normalized spacial score (nSPS) is 34.3. The van der Waals surface area contributed by atoms with E-state index in [0.717, 1.165) is 12.8 Å². The molecule has 0 spiro atoms. The van der Waals surface area contributed by atoms with Crippen molar-refractivity contribution >= 4 is 26.0 Å². The number of halogens is 1. The summed E-state index contributed by atoms with van der Waals surface area (Å²) >= 11 is 3.33. The van der Waals surface area contributed by atoms with Gasteiger partial charge in [0.05, 0.1) is 18.0 Å². The summed E-state index contributed by atoms with van der Waals surface area (Å²) in [7, 11) is -3.05. The van der Waals surface area contributed by atoms with Crippen LogP contribution < -0.4 is 0 Å². The van der Waals surface area contributed by atoms with Gasteiger partial charge in [0.1, 0.15) is 0 Å². The summed E-state index contributed by atoms with van der Waals surface area (Å²) in [5.41, 5.74) is 0. The molecule has 2 unspecified atom stereocenters. The smallest absolute Gasteiger partial charge is 0.217 e. The van der Waals surface area contributed by atoms with Gasteiger partial charge in [0.25, 0.3) is 0 Å². The molecule has 15 heavy (non-hydrogen) atoms. The van der Waals surface area contributed by atoms with Crippen LogP contribution in [0.25, 0.3) is 0 Å². The molecule has 88 valence electrons. The average Bonchev–Trinajstić information content (AvgIpc) is 3.01. The van der Waals surface area contributed by atoms with Crippen molar-refractivity contribution < 1.29 is 13.2 Å². The molecule has 4 nitrogen and oxygen atoms in total. The van der Waals surface area contributed by atoms with Crippen LogP contribution in [0, 0.1) is 0 Å². The van der Waals surface area contributed by atoms with Gasteiger partial charge in [-0.2, -0.15) is 4.31 Å². The Hall–Kier alpha value is 0.350. The maximum Gasteiger partial charge on any atom is 0.217 e. The SMILES string of the molecule is CC1COC(CBr)CN1S(=O)(=O)C1CC1. The van der Waals surface area contributed by atoms with Gasteiger partial charge in [-0.15, -0.1) is 0 Å². The lowest BCUT2D eigenvalue weighted by atomic mass is 10.2. The fourth-order valence-corrected chi connectivity index (χ4v) is 4.24. The Bertz CT molecular complexity index is 328. The first-order valence-corrected chi connectivity index (χ1v) is 7.86. The topological polar surface area (TPSA) is 46.6 Å². The molecule has 0 amide bonds. The molecule has 0 aromatic rings. The van der Waals surface area contributed by atoms with Gasteiger partial charge in [0.2, 0.25) is 10.0 Å². The van der Waals surface area contributed by atoms with Crippen molar-refractivity contribution in [3.05, 3.63) is 0 Å². The maximum absolute atomic E-state index is 12.1. The Morgan fingerprint density at radius 2 is 2.13 bits per heavy atom. The Morgan fingerprint density at radius 1 is 1.47 bits per heavy atom. The largest absolute Gasteiger partial charge is 0.374 e. The summed E-state index contributed by atoms with van der Waals surface area (Å²) in [6, 6.07) is -0.0223. The molecule has 2 fully saturated rings. The van der Waals surface area contributed by atoms with E-state index in [1.54, 1.807) is 4.31 Å². The monoisotopic (exact) mass is 297 g/mol. The molecular weight excluding hydrogens is 282 g/mol. The highest BCUT2D eigenvalue weighted by atomic mass is 79.9. The van der Waals surface area contributed by atoms with Gasteiger partial charge in [-0.3, -0.25) is 0 Å². The summed E-state index contributed by atoms with van der Waals surface area (Å²) < 4.78 is 31.3. The number of rotatable bonds is 3. The van der Waals surface area contributed by atoms with E-state index in [-0.39, 0.29) is 17.4 Å². The van der Waals surface area contributed by atoms with Gasteiger partial charge in [0, 0.05) is 17.9 Å². The molecule has 2 atom stereocenters. The molecule has 1 heterocycles. The van der Waals surface area contributed by atoms with Crippen LogP contribution in [-0.4, -0.2) is 48.6 Å². The number of morpholine rings is 1. The molecule has 0 bridgehead atoms. The minimum atomic E-state index is -3.05. The summed E-state index contributed by atoms with van der Waals surface area (Å²) in [4.78, 5) is 0. The molecule has 0 aromatic heterocycles. The third-order valence-corrected chi connectivity index (χ3v) is 6.09. The number of nitrogens with zero attached hydrogens (tertiary/aromatic N) is 1. The second kappa shape index (κ2) is 4.31. The fourth-order valence-electron chi connectivity index (χ4n) is 1.80. The van der Waals surface area contributed by atoms with Crippen LogP contribution >= 0.6 is 15.9 Å². The molecule has 0 aromatic carbocycles. The van der Waals surface area contributed by atoms with Crippen LogP contribution in [0.15, 0.2) is 0 Å². The minimum absolute atomic E-state index is 0.00488. The van der Waals surface area contributed by atoms with Crippen LogP contribution in [0.3, 0.4) is 0 Å². The molecule has 0 radical (unpaired) electrons. The van der Waals surface area contributed by atoms with Crippen LogP contribution in [0.5, 0.6) is 0 Å². The van der Waals surface area contributed by atoms with Gasteiger partial charge in [-0.1, -0.05) is 15.9 Å². The number of sulfonamides is 1. The standard InChI is InChI=1S/C9H16BrNO3S/c1-7-6-14-8(4-10)5-11(7)15(12,13)9-2-3-9/h7-9H,2-6H2,1H3. The van der Waals surface area contributed by atoms with Crippen LogP contribution in [-0.2, 0) is 14.8 Å². The molecule has 6 heteroatoms. The lowest BCUT2D eigenvalue weighted by Gasteiger charge is -2.36. The molecule has 1 saturated heterocycles.